The molecule has 1 N–H and O–H groups in total. The van der Waals surface area contributed by atoms with Crippen molar-refractivity contribution in [3.8, 4) is 0 Å². The average Bonchev–Trinajstić information content (AvgIpc) is 2.94. The number of rotatable bonds is 13. The Morgan fingerprint density at radius 2 is 2.00 bits per heavy atom. The van der Waals surface area contributed by atoms with Crippen molar-refractivity contribution < 1.29 is 14.2 Å². The lowest BCUT2D eigenvalue weighted by atomic mass is 9.86. The Balaban J connectivity index is 2.48. The molecule has 0 aromatic heterocycles. The summed E-state index contributed by atoms with van der Waals surface area (Å²) >= 11 is 0. The van der Waals surface area contributed by atoms with Crippen molar-refractivity contribution in [3.63, 3.8) is 0 Å². The SMILES string of the molecule is CCCNCC1(CN(CCCOC)CCOC)CCOC1. The van der Waals surface area contributed by atoms with Crippen LogP contribution < -0.4 is 5.32 Å². The fraction of sp³-hybridized carbons (Fsp3) is 1.00. The minimum Gasteiger partial charge on any atom is -0.385 e. The average molecular weight is 302 g/mol. The van der Waals surface area contributed by atoms with Crippen LogP contribution in [0.15, 0.2) is 0 Å². The van der Waals surface area contributed by atoms with Gasteiger partial charge in [-0.05, 0) is 25.8 Å². The van der Waals surface area contributed by atoms with Crippen molar-refractivity contribution in [1.29, 1.82) is 0 Å². The highest BCUT2D eigenvalue weighted by molar-refractivity contribution is 4.88. The Bertz CT molecular complexity index is 246. The summed E-state index contributed by atoms with van der Waals surface area (Å²) in [5, 5.41) is 3.58. The van der Waals surface area contributed by atoms with E-state index in [1.165, 1.54) is 6.42 Å². The summed E-state index contributed by atoms with van der Waals surface area (Å²) in [6.45, 7) is 10.8. The van der Waals surface area contributed by atoms with Gasteiger partial charge in [0.05, 0.1) is 13.2 Å². The minimum absolute atomic E-state index is 0.260. The molecule has 5 nitrogen and oxygen atoms in total. The highest BCUT2D eigenvalue weighted by Gasteiger charge is 2.36. The van der Waals surface area contributed by atoms with Crippen molar-refractivity contribution in [3.05, 3.63) is 0 Å². The third kappa shape index (κ3) is 7.56. The molecule has 1 atom stereocenters. The third-order valence-corrected chi connectivity index (χ3v) is 4.11. The molecule has 1 aliphatic rings. The lowest BCUT2D eigenvalue weighted by molar-refractivity contribution is 0.0804. The molecule has 1 aliphatic heterocycles. The van der Waals surface area contributed by atoms with Gasteiger partial charge in [-0.1, -0.05) is 6.92 Å². The van der Waals surface area contributed by atoms with Crippen LogP contribution in [0.5, 0.6) is 0 Å². The molecule has 0 aromatic rings. The number of hydrogen-bond donors (Lipinski definition) is 1. The van der Waals surface area contributed by atoms with Crippen LogP contribution in [-0.4, -0.2) is 78.3 Å². The summed E-state index contributed by atoms with van der Waals surface area (Å²) < 4.78 is 16.1. The first-order valence-electron chi connectivity index (χ1n) is 8.25. The molecule has 0 aliphatic carbocycles. The molecule has 5 heteroatoms. The molecule has 1 rings (SSSR count). The fourth-order valence-corrected chi connectivity index (χ4v) is 2.90. The Kier molecular flexibility index (Phi) is 10.2. The minimum atomic E-state index is 0.260. The Labute approximate surface area is 130 Å². The molecule has 0 saturated carbocycles. The molecule has 0 spiro atoms. The van der Waals surface area contributed by atoms with E-state index in [2.05, 4.69) is 17.1 Å². The second-order valence-corrected chi connectivity index (χ2v) is 6.09. The summed E-state index contributed by atoms with van der Waals surface area (Å²) in [4.78, 5) is 2.50. The molecule has 0 bridgehead atoms. The van der Waals surface area contributed by atoms with E-state index >= 15 is 0 Å². The van der Waals surface area contributed by atoms with Crippen LogP contribution in [0.1, 0.15) is 26.2 Å². The van der Waals surface area contributed by atoms with Gasteiger partial charge in [-0.15, -0.1) is 0 Å². The first kappa shape index (κ1) is 18.8. The smallest absolute Gasteiger partial charge is 0.0589 e. The van der Waals surface area contributed by atoms with Gasteiger partial charge in [0.15, 0.2) is 0 Å². The van der Waals surface area contributed by atoms with E-state index in [1.54, 1.807) is 14.2 Å². The first-order chi connectivity index (χ1) is 10.3. The lowest BCUT2D eigenvalue weighted by Crippen LogP contribution is -2.46. The van der Waals surface area contributed by atoms with E-state index < -0.39 is 0 Å². The standard InChI is InChI=1S/C16H34N2O3/c1-4-7-17-13-16(6-11-21-15-16)14-18(9-12-20-3)8-5-10-19-2/h17H,4-15H2,1-3H3. The molecule has 0 amide bonds. The Hall–Kier alpha value is -0.200. The van der Waals surface area contributed by atoms with Crippen LogP contribution in [0.25, 0.3) is 0 Å². The second kappa shape index (κ2) is 11.4. The van der Waals surface area contributed by atoms with Crippen LogP contribution in [0.4, 0.5) is 0 Å². The molecule has 126 valence electrons. The van der Waals surface area contributed by atoms with E-state index in [0.717, 1.165) is 72.0 Å². The predicted molar refractivity (Wildman–Crippen MR) is 85.8 cm³/mol. The number of hydrogen-bond acceptors (Lipinski definition) is 5. The van der Waals surface area contributed by atoms with Gasteiger partial charge in [-0.25, -0.2) is 0 Å². The van der Waals surface area contributed by atoms with Crippen molar-refractivity contribution >= 4 is 0 Å². The summed E-state index contributed by atoms with van der Waals surface area (Å²) in [5.41, 5.74) is 0.260. The summed E-state index contributed by atoms with van der Waals surface area (Å²) in [6.07, 6.45) is 3.40. The number of ether oxygens (including phenoxy) is 3. The number of nitrogens with zero attached hydrogens (tertiary/aromatic N) is 1. The van der Waals surface area contributed by atoms with Crippen molar-refractivity contribution in [1.82, 2.24) is 10.2 Å². The van der Waals surface area contributed by atoms with E-state index in [0.29, 0.717) is 0 Å². The zero-order valence-electron chi connectivity index (χ0n) is 14.2. The Morgan fingerprint density at radius 1 is 1.19 bits per heavy atom. The van der Waals surface area contributed by atoms with Gasteiger partial charge in [0, 0.05) is 59.0 Å². The quantitative estimate of drug-likeness (QED) is 0.521. The fourth-order valence-electron chi connectivity index (χ4n) is 2.90. The zero-order chi connectivity index (χ0) is 15.4. The van der Waals surface area contributed by atoms with E-state index in [9.17, 15) is 0 Å². The number of nitrogens with one attached hydrogen (secondary N) is 1. The van der Waals surface area contributed by atoms with Crippen LogP contribution in [-0.2, 0) is 14.2 Å². The molecule has 0 radical (unpaired) electrons. The largest absolute Gasteiger partial charge is 0.385 e. The lowest BCUT2D eigenvalue weighted by Gasteiger charge is -2.34. The molecular formula is C16H34N2O3. The van der Waals surface area contributed by atoms with E-state index in [1.807, 2.05) is 0 Å². The molecule has 1 fully saturated rings. The number of methoxy groups -OCH3 is 2. The second-order valence-electron chi connectivity index (χ2n) is 6.09. The van der Waals surface area contributed by atoms with Gasteiger partial charge in [0.1, 0.15) is 0 Å². The predicted octanol–water partition coefficient (Wildman–Crippen LogP) is 1.38. The summed E-state index contributed by atoms with van der Waals surface area (Å²) in [6, 6.07) is 0. The molecule has 1 saturated heterocycles. The molecular weight excluding hydrogens is 268 g/mol. The molecule has 1 unspecified atom stereocenters. The van der Waals surface area contributed by atoms with Gasteiger partial charge < -0.3 is 24.4 Å². The normalized spacial score (nSPS) is 22.3. The van der Waals surface area contributed by atoms with Crippen molar-refractivity contribution in [2.45, 2.75) is 26.2 Å². The summed E-state index contributed by atoms with van der Waals surface area (Å²) in [7, 11) is 3.53. The van der Waals surface area contributed by atoms with Crippen molar-refractivity contribution in [2.75, 3.05) is 73.4 Å². The maximum atomic E-state index is 5.70. The molecule has 1 heterocycles. The highest BCUT2D eigenvalue weighted by Crippen LogP contribution is 2.29. The van der Waals surface area contributed by atoms with E-state index in [4.69, 9.17) is 14.2 Å². The van der Waals surface area contributed by atoms with Gasteiger partial charge in [0.2, 0.25) is 0 Å². The van der Waals surface area contributed by atoms with Gasteiger partial charge in [0.25, 0.3) is 0 Å². The summed E-state index contributed by atoms with van der Waals surface area (Å²) in [5.74, 6) is 0. The Morgan fingerprint density at radius 3 is 2.62 bits per heavy atom. The third-order valence-electron chi connectivity index (χ3n) is 4.11. The van der Waals surface area contributed by atoms with Gasteiger partial charge >= 0.3 is 0 Å². The van der Waals surface area contributed by atoms with Gasteiger partial charge in [-0.3, -0.25) is 0 Å². The monoisotopic (exact) mass is 302 g/mol. The van der Waals surface area contributed by atoms with E-state index in [-0.39, 0.29) is 5.41 Å². The molecule has 21 heavy (non-hydrogen) atoms. The zero-order valence-corrected chi connectivity index (χ0v) is 14.2. The van der Waals surface area contributed by atoms with Crippen LogP contribution in [0, 0.1) is 5.41 Å². The maximum absolute atomic E-state index is 5.70. The van der Waals surface area contributed by atoms with Crippen LogP contribution in [0.3, 0.4) is 0 Å². The topological polar surface area (TPSA) is 43.0 Å². The molecule has 0 aromatic carbocycles. The maximum Gasteiger partial charge on any atom is 0.0589 e. The van der Waals surface area contributed by atoms with Crippen molar-refractivity contribution in [2.24, 2.45) is 5.41 Å². The highest BCUT2D eigenvalue weighted by atomic mass is 16.5. The van der Waals surface area contributed by atoms with Gasteiger partial charge in [-0.2, -0.15) is 0 Å². The van der Waals surface area contributed by atoms with Crippen LogP contribution in [0.2, 0.25) is 0 Å². The first-order valence-corrected chi connectivity index (χ1v) is 8.25. The van der Waals surface area contributed by atoms with Crippen LogP contribution >= 0.6 is 0 Å².